The van der Waals surface area contributed by atoms with Gasteiger partial charge in [-0.3, -0.25) is 4.79 Å². The first-order valence-corrected chi connectivity index (χ1v) is 4.38. The first-order valence-electron chi connectivity index (χ1n) is 4.38. The number of nitrogens with one attached hydrogen (secondary N) is 1. The van der Waals surface area contributed by atoms with Crippen LogP contribution in [0.4, 0.5) is 0 Å². The fourth-order valence-electron chi connectivity index (χ4n) is 1.67. The third-order valence-corrected chi connectivity index (χ3v) is 2.46. The van der Waals surface area contributed by atoms with E-state index < -0.39 is 5.41 Å². The topological polar surface area (TPSA) is 52.9 Å². The van der Waals surface area contributed by atoms with Gasteiger partial charge in [-0.25, -0.2) is 0 Å². The number of rotatable bonds is 2. The van der Waals surface area contributed by atoms with E-state index in [1.165, 1.54) is 0 Å². The molecule has 0 bridgehead atoms. The standard InChI is InChI=1S/C10H12N2O/c1-2-7-12-9(13)10(8-11)5-3-4-6-10/h1H,3-7H2,(H,12,13). The molecule has 0 aromatic rings. The Morgan fingerprint density at radius 3 is 2.62 bits per heavy atom. The van der Waals surface area contributed by atoms with Crippen molar-refractivity contribution in [2.75, 3.05) is 6.54 Å². The van der Waals surface area contributed by atoms with E-state index in [1.54, 1.807) is 0 Å². The third-order valence-electron chi connectivity index (χ3n) is 2.46. The normalized spacial score (nSPS) is 18.6. The fourth-order valence-corrected chi connectivity index (χ4v) is 1.67. The minimum Gasteiger partial charge on any atom is -0.344 e. The van der Waals surface area contributed by atoms with E-state index in [2.05, 4.69) is 17.3 Å². The molecular formula is C10H12N2O. The predicted octanol–water partition coefficient (Wildman–Crippen LogP) is 0.820. The molecule has 0 spiro atoms. The van der Waals surface area contributed by atoms with Gasteiger partial charge >= 0.3 is 0 Å². The number of carbonyl (C=O) groups excluding carboxylic acids is 1. The minimum atomic E-state index is -0.795. The first kappa shape index (κ1) is 9.61. The molecule has 3 nitrogen and oxygen atoms in total. The van der Waals surface area contributed by atoms with E-state index >= 15 is 0 Å². The van der Waals surface area contributed by atoms with Crippen LogP contribution >= 0.6 is 0 Å². The summed E-state index contributed by atoms with van der Waals surface area (Å²) in [6.07, 6.45) is 8.26. The van der Waals surface area contributed by atoms with Crippen LogP contribution in [0.5, 0.6) is 0 Å². The molecule has 1 aliphatic rings. The molecule has 68 valence electrons. The van der Waals surface area contributed by atoms with Crippen molar-refractivity contribution in [1.82, 2.24) is 5.32 Å². The number of amides is 1. The lowest BCUT2D eigenvalue weighted by atomic mass is 9.87. The van der Waals surface area contributed by atoms with Crippen LogP contribution in [-0.2, 0) is 4.79 Å². The fraction of sp³-hybridized carbons (Fsp3) is 0.600. The Labute approximate surface area is 78.1 Å². The number of nitrogens with zero attached hydrogens (tertiary/aromatic N) is 1. The largest absolute Gasteiger partial charge is 0.344 e. The van der Waals surface area contributed by atoms with Gasteiger partial charge in [0, 0.05) is 0 Å². The molecule has 0 atom stereocenters. The zero-order valence-electron chi connectivity index (χ0n) is 7.47. The van der Waals surface area contributed by atoms with Crippen LogP contribution in [0.1, 0.15) is 25.7 Å². The second kappa shape index (κ2) is 3.96. The van der Waals surface area contributed by atoms with Crippen molar-refractivity contribution in [3.63, 3.8) is 0 Å². The summed E-state index contributed by atoms with van der Waals surface area (Å²) in [6.45, 7) is 0.211. The molecule has 0 aliphatic heterocycles. The average Bonchev–Trinajstić information content (AvgIpc) is 2.63. The molecule has 1 fully saturated rings. The van der Waals surface area contributed by atoms with Gasteiger partial charge in [-0.2, -0.15) is 5.26 Å². The molecule has 1 saturated carbocycles. The highest BCUT2D eigenvalue weighted by Crippen LogP contribution is 2.37. The van der Waals surface area contributed by atoms with Crippen LogP contribution in [0, 0.1) is 29.1 Å². The molecule has 1 N–H and O–H groups in total. The van der Waals surface area contributed by atoms with Crippen LogP contribution in [-0.4, -0.2) is 12.5 Å². The molecule has 1 rings (SSSR count). The Morgan fingerprint density at radius 1 is 1.54 bits per heavy atom. The summed E-state index contributed by atoms with van der Waals surface area (Å²) in [4.78, 5) is 11.5. The maximum Gasteiger partial charge on any atom is 0.241 e. The van der Waals surface area contributed by atoms with Gasteiger partial charge in [0.15, 0.2) is 0 Å². The van der Waals surface area contributed by atoms with Crippen molar-refractivity contribution in [3.8, 4) is 18.4 Å². The number of hydrogen-bond donors (Lipinski definition) is 1. The van der Waals surface area contributed by atoms with E-state index in [9.17, 15) is 4.79 Å². The van der Waals surface area contributed by atoms with E-state index in [4.69, 9.17) is 11.7 Å². The van der Waals surface area contributed by atoms with Crippen molar-refractivity contribution < 1.29 is 4.79 Å². The minimum absolute atomic E-state index is 0.203. The summed E-state index contributed by atoms with van der Waals surface area (Å²) >= 11 is 0. The van der Waals surface area contributed by atoms with E-state index in [0.29, 0.717) is 12.8 Å². The summed E-state index contributed by atoms with van der Waals surface area (Å²) in [5.41, 5.74) is -0.795. The van der Waals surface area contributed by atoms with Crippen LogP contribution in [0.3, 0.4) is 0 Å². The summed E-state index contributed by atoms with van der Waals surface area (Å²) < 4.78 is 0. The lowest BCUT2D eigenvalue weighted by Gasteiger charge is -2.17. The second-order valence-corrected chi connectivity index (χ2v) is 3.29. The maximum absolute atomic E-state index is 11.5. The van der Waals surface area contributed by atoms with E-state index in [1.807, 2.05) is 0 Å². The van der Waals surface area contributed by atoms with Crippen LogP contribution in [0.25, 0.3) is 0 Å². The first-order chi connectivity index (χ1) is 6.25. The quantitative estimate of drug-likeness (QED) is 0.633. The van der Waals surface area contributed by atoms with Gasteiger partial charge in [-0.1, -0.05) is 18.8 Å². The zero-order chi connectivity index (χ0) is 9.73. The highest BCUT2D eigenvalue weighted by atomic mass is 16.2. The summed E-state index contributed by atoms with van der Waals surface area (Å²) in [7, 11) is 0. The van der Waals surface area contributed by atoms with Gasteiger partial charge in [0.05, 0.1) is 12.6 Å². The number of terminal acetylenes is 1. The summed E-state index contributed by atoms with van der Waals surface area (Å²) in [5.74, 6) is 2.12. The van der Waals surface area contributed by atoms with Crippen molar-refractivity contribution in [2.24, 2.45) is 5.41 Å². The molecule has 0 saturated heterocycles. The lowest BCUT2D eigenvalue weighted by Crippen LogP contribution is -2.38. The predicted molar refractivity (Wildman–Crippen MR) is 48.4 cm³/mol. The van der Waals surface area contributed by atoms with Crippen molar-refractivity contribution >= 4 is 5.91 Å². The molecule has 0 aromatic heterocycles. The van der Waals surface area contributed by atoms with Crippen molar-refractivity contribution in [2.45, 2.75) is 25.7 Å². The SMILES string of the molecule is C#CCNC(=O)C1(C#N)CCCC1. The molecule has 0 radical (unpaired) electrons. The number of hydrogen-bond acceptors (Lipinski definition) is 2. The number of nitriles is 1. The zero-order valence-corrected chi connectivity index (χ0v) is 7.47. The molecule has 3 heteroatoms. The second-order valence-electron chi connectivity index (χ2n) is 3.29. The van der Waals surface area contributed by atoms with Crippen molar-refractivity contribution in [3.05, 3.63) is 0 Å². The maximum atomic E-state index is 11.5. The molecule has 0 aromatic carbocycles. The smallest absolute Gasteiger partial charge is 0.241 e. The van der Waals surface area contributed by atoms with Crippen LogP contribution < -0.4 is 5.32 Å². The Hall–Kier alpha value is -1.48. The Kier molecular flexibility index (Phi) is 2.93. The van der Waals surface area contributed by atoms with Gasteiger partial charge < -0.3 is 5.32 Å². The van der Waals surface area contributed by atoms with Crippen LogP contribution in [0.15, 0.2) is 0 Å². The Balaban J connectivity index is 2.63. The molecule has 13 heavy (non-hydrogen) atoms. The highest BCUT2D eigenvalue weighted by Gasteiger charge is 2.41. The molecule has 0 heterocycles. The van der Waals surface area contributed by atoms with Gasteiger partial charge in [0.1, 0.15) is 5.41 Å². The van der Waals surface area contributed by atoms with Gasteiger partial charge in [0.2, 0.25) is 5.91 Å². The molecule has 1 amide bonds. The Bertz CT molecular complexity index is 276. The van der Waals surface area contributed by atoms with Gasteiger partial charge in [-0.15, -0.1) is 6.42 Å². The lowest BCUT2D eigenvalue weighted by molar-refractivity contribution is -0.127. The van der Waals surface area contributed by atoms with Crippen molar-refractivity contribution in [1.29, 1.82) is 5.26 Å². The van der Waals surface area contributed by atoms with Crippen LogP contribution in [0.2, 0.25) is 0 Å². The average molecular weight is 176 g/mol. The van der Waals surface area contributed by atoms with Gasteiger partial charge in [0.25, 0.3) is 0 Å². The summed E-state index contributed by atoms with van der Waals surface area (Å²) in [6, 6.07) is 2.11. The Morgan fingerprint density at radius 2 is 2.15 bits per heavy atom. The third kappa shape index (κ3) is 1.81. The summed E-state index contributed by atoms with van der Waals surface area (Å²) in [5, 5.41) is 11.5. The van der Waals surface area contributed by atoms with Gasteiger partial charge in [-0.05, 0) is 12.8 Å². The molecular weight excluding hydrogens is 164 g/mol. The van der Waals surface area contributed by atoms with E-state index in [-0.39, 0.29) is 12.5 Å². The highest BCUT2D eigenvalue weighted by molar-refractivity contribution is 5.85. The van der Waals surface area contributed by atoms with E-state index in [0.717, 1.165) is 12.8 Å². The molecule has 0 unspecified atom stereocenters. The monoisotopic (exact) mass is 176 g/mol. The molecule has 1 aliphatic carbocycles. The number of carbonyl (C=O) groups is 1.